The summed E-state index contributed by atoms with van der Waals surface area (Å²) in [6, 6.07) is 19.7. The summed E-state index contributed by atoms with van der Waals surface area (Å²) in [6.07, 6.45) is 0. The molecule has 2 aromatic carbocycles. The predicted molar refractivity (Wildman–Crippen MR) is 161 cm³/mol. The molecule has 4 aromatic rings. The van der Waals surface area contributed by atoms with Gasteiger partial charge in [0.1, 0.15) is 12.4 Å². The van der Waals surface area contributed by atoms with E-state index >= 15 is 0 Å². The first-order valence-electron chi connectivity index (χ1n) is 12.6. The third-order valence-electron chi connectivity index (χ3n) is 6.47. The van der Waals surface area contributed by atoms with Crippen molar-refractivity contribution in [2.45, 2.75) is 12.2 Å². The first-order valence-corrected chi connectivity index (χ1v) is 14.9. The minimum absolute atomic E-state index is 0.0887. The number of likely N-dealkylation sites (N-methyl/N-ethyl adjacent to an activating group) is 1. The number of anilines is 1. The van der Waals surface area contributed by atoms with Gasteiger partial charge in [0.05, 0.1) is 22.4 Å². The van der Waals surface area contributed by atoms with E-state index in [0.717, 1.165) is 32.9 Å². The van der Waals surface area contributed by atoms with Crippen molar-refractivity contribution in [2.24, 2.45) is 0 Å². The predicted octanol–water partition coefficient (Wildman–Crippen LogP) is 5.41. The Labute approximate surface area is 241 Å². The Morgan fingerprint density at radius 2 is 1.87 bits per heavy atom. The van der Waals surface area contributed by atoms with Crippen LogP contribution in [0.5, 0.6) is 0 Å². The van der Waals surface area contributed by atoms with Crippen LogP contribution >= 0.6 is 34.7 Å². The van der Waals surface area contributed by atoms with E-state index in [4.69, 9.17) is 16.7 Å². The van der Waals surface area contributed by atoms with Crippen molar-refractivity contribution in [2.75, 3.05) is 44.4 Å². The first kappa shape index (κ1) is 27.5. The van der Waals surface area contributed by atoms with Crippen molar-refractivity contribution in [1.82, 2.24) is 20.0 Å². The zero-order valence-electron chi connectivity index (χ0n) is 22.1. The summed E-state index contributed by atoms with van der Waals surface area (Å²) in [7, 11) is 3.91. The van der Waals surface area contributed by atoms with Crippen molar-refractivity contribution in [3.63, 3.8) is 0 Å². The lowest BCUT2D eigenvalue weighted by molar-refractivity contribution is -0.122. The fourth-order valence-electron chi connectivity index (χ4n) is 4.49. The third-order valence-corrected chi connectivity index (χ3v) is 9.04. The molecule has 1 N–H and O–H groups in total. The smallest absolute Gasteiger partial charge is 0.240 e. The molecular weight excluding hydrogens is 550 g/mol. The molecule has 0 fully saturated rings. The number of fused-ring (bicyclic) bond motifs is 1. The highest BCUT2D eigenvalue weighted by atomic mass is 35.5. The van der Waals surface area contributed by atoms with Crippen LogP contribution in [0.25, 0.3) is 16.9 Å². The normalized spacial score (nSPS) is 15.4. The van der Waals surface area contributed by atoms with Crippen LogP contribution in [-0.2, 0) is 9.59 Å². The van der Waals surface area contributed by atoms with Crippen molar-refractivity contribution in [3.05, 3.63) is 87.1 Å². The molecule has 39 heavy (non-hydrogen) atoms. The molecule has 0 aliphatic carbocycles. The number of hydrogen-bond donors (Lipinski definition) is 1. The van der Waals surface area contributed by atoms with Crippen molar-refractivity contribution in [3.8, 4) is 16.9 Å². The van der Waals surface area contributed by atoms with Crippen molar-refractivity contribution in [1.29, 1.82) is 0 Å². The molecule has 0 saturated carbocycles. The number of benzene rings is 2. The largest absolute Gasteiger partial charge is 0.353 e. The quantitative estimate of drug-likeness (QED) is 0.302. The number of amides is 2. The average Bonchev–Trinajstić information content (AvgIpc) is 3.55. The van der Waals surface area contributed by atoms with Crippen molar-refractivity contribution < 1.29 is 9.59 Å². The highest BCUT2D eigenvalue weighted by molar-refractivity contribution is 8.00. The zero-order chi connectivity index (χ0) is 27.5. The molecule has 10 heteroatoms. The highest BCUT2D eigenvalue weighted by Gasteiger charge is 2.38. The van der Waals surface area contributed by atoms with Gasteiger partial charge in [0.2, 0.25) is 11.8 Å². The van der Waals surface area contributed by atoms with Gasteiger partial charge in [-0.2, -0.15) is 5.10 Å². The lowest BCUT2D eigenvalue weighted by Crippen LogP contribution is -2.43. The maximum atomic E-state index is 13.7. The molecule has 202 valence electrons. The molecule has 0 spiro atoms. The summed E-state index contributed by atoms with van der Waals surface area (Å²) in [5.41, 5.74) is 4.52. The van der Waals surface area contributed by atoms with E-state index in [1.165, 1.54) is 0 Å². The van der Waals surface area contributed by atoms with E-state index in [-0.39, 0.29) is 29.4 Å². The number of halogens is 1. The van der Waals surface area contributed by atoms with Gasteiger partial charge in [-0.05, 0) is 56.7 Å². The first-order chi connectivity index (χ1) is 18.8. The van der Waals surface area contributed by atoms with E-state index < -0.39 is 0 Å². The number of rotatable bonds is 8. The Balaban J connectivity index is 1.70. The van der Waals surface area contributed by atoms with E-state index in [9.17, 15) is 9.59 Å². The van der Waals surface area contributed by atoms with Gasteiger partial charge in [-0.1, -0.05) is 47.5 Å². The molecule has 1 aliphatic heterocycles. The Morgan fingerprint density at radius 3 is 2.54 bits per heavy atom. The van der Waals surface area contributed by atoms with E-state index in [1.807, 2.05) is 90.6 Å². The molecule has 2 aromatic heterocycles. The van der Waals surface area contributed by atoms with Gasteiger partial charge in [-0.25, -0.2) is 4.68 Å². The zero-order valence-corrected chi connectivity index (χ0v) is 24.4. The fourth-order valence-corrected chi connectivity index (χ4v) is 6.79. The van der Waals surface area contributed by atoms with E-state index in [0.29, 0.717) is 23.9 Å². The van der Waals surface area contributed by atoms with Gasteiger partial charge in [0.25, 0.3) is 0 Å². The number of nitrogens with zero attached hydrogens (tertiary/aromatic N) is 4. The SMILES string of the molecule is Cc1ccc(-n2nc(-c3ccc(Cl)cc3)c3c2N(CC(=O)NCCN(C)C)C(=O)CS[C@H]3c2cccs2)cc1. The Bertz CT molecular complexity index is 1450. The second-order valence-electron chi connectivity index (χ2n) is 9.68. The van der Waals surface area contributed by atoms with Crippen LogP contribution < -0.4 is 10.2 Å². The average molecular weight is 580 g/mol. The molecule has 0 unspecified atom stereocenters. The summed E-state index contributed by atoms with van der Waals surface area (Å²) < 4.78 is 1.82. The van der Waals surface area contributed by atoms with Gasteiger partial charge in [-0.3, -0.25) is 14.5 Å². The van der Waals surface area contributed by atoms with Crippen LogP contribution in [0.3, 0.4) is 0 Å². The minimum Gasteiger partial charge on any atom is -0.353 e. The summed E-state index contributed by atoms with van der Waals surface area (Å²) in [4.78, 5) is 31.5. The number of thioether (sulfide) groups is 1. The van der Waals surface area contributed by atoms with Gasteiger partial charge in [0, 0.05) is 34.1 Å². The molecular formula is C29H30ClN5O2S2. The maximum absolute atomic E-state index is 13.7. The third kappa shape index (κ3) is 6.06. The Kier molecular flexibility index (Phi) is 8.42. The Morgan fingerprint density at radius 1 is 1.13 bits per heavy atom. The lowest BCUT2D eigenvalue weighted by Gasteiger charge is -2.23. The number of hydrogen-bond acceptors (Lipinski definition) is 6. The summed E-state index contributed by atoms with van der Waals surface area (Å²) in [5.74, 6) is 0.537. The molecule has 1 aliphatic rings. The molecule has 3 heterocycles. The van der Waals surface area contributed by atoms with Crippen LogP contribution in [0.4, 0.5) is 5.82 Å². The topological polar surface area (TPSA) is 70.5 Å². The van der Waals surface area contributed by atoms with Gasteiger partial charge < -0.3 is 10.2 Å². The number of carbonyl (C=O) groups excluding carboxylic acids is 2. The molecule has 0 saturated heterocycles. The highest BCUT2D eigenvalue weighted by Crippen LogP contribution is 2.49. The van der Waals surface area contributed by atoms with Crippen LogP contribution in [-0.4, -0.2) is 66.0 Å². The lowest BCUT2D eigenvalue weighted by atomic mass is 10.0. The maximum Gasteiger partial charge on any atom is 0.240 e. The standard InChI is InChI=1S/C29H30ClN5O2S2/c1-19-6-12-22(13-7-19)35-29-26(27(32-35)20-8-10-21(30)11-9-20)28(23-5-4-16-38-23)39-18-25(37)34(29)17-24(36)31-14-15-33(2)3/h4-13,16,28H,14-15,17-18H2,1-3H3,(H,31,36)/t28-/m0/s1. The monoisotopic (exact) mass is 579 g/mol. The van der Waals surface area contributed by atoms with Crippen LogP contribution in [0, 0.1) is 6.92 Å². The second-order valence-corrected chi connectivity index (χ2v) is 12.2. The number of nitrogens with one attached hydrogen (secondary N) is 1. The second kappa shape index (κ2) is 12.0. The molecule has 0 bridgehead atoms. The number of aromatic nitrogens is 2. The number of aryl methyl sites for hydroxylation is 1. The fraction of sp³-hybridized carbons (Fsp3) is 0.276. The number of thiophene rings is 1. The van der Waals surface area contributed by atoms with Crippen LogP contribution in [0.1, 0.15) is 21.3 Å². The van der Waals surface area contributed by atoms with Crippen LogP contribution in [0.15, 0.2) is 66.0 Å². The van der Waals surface area contributed by atoms with E-state index in [2.05, 4.69) is 11.4 Å². The van der Waals surface area contributed by atoms with Gasteiger partial charge in [0.15, 0.2) is 0 Å². The van der Waals surface area contributed by atoms with Crippen LogP contribution in [0.2, 0.25) is 5.02 Å². The minimum atomic E-state index is -0.208. The molecule has 2 amide bonds. The molecule has 5 rings (SSSR count). The number of carbonyl (C=O) groups is 2. The summed E-state index contributed by atoms with van der Waals surface area (Å²) >= 11 is 9.45. The van der Waals surface area contributed by atoms with E-state index in [1.54, 1.807) is 28.0 Å². The van der Waals surface area contributed by atoms with Crippen molar-refractivity contribution >= 4 is 52.3 Å². The van der Waals surface area contributed by atoms with Gasteiger partial charge >= 0.3 is 0 Å². The molecule has 7 nitrogen and oxygen atoms in total. The molecule has 1 atom stereocenters. The summed E-state index contributed by atoms with van der Waals surface area (Å²) in [5, 5.41) is 10.6. The Hall–Kier alpha value is -3.11. The molecule has 0 radical (unpaired) electrons. The van der Waals surface area contributed by atoms with Gasteiger partial charge in [-0.15, -0.1) is 23.1 Å². The summed E-state index contributed by atoms with van der Waals surface area (Å²) in [6.45, 7) is 3.16.